The monoisotopic (exact) mass is 391 g/mol. The molecule has 0 spiro atoms. The molecule has 1 aliphatic rings. The average Bonchev–Trinajstić information content (AvgIpc) is 2.64. The molecule has 4 rings (SSSR count). The van der Waals surface area contributed by atoms with Crippen molar-refractivity contribution in [3.05, 3.63) is 75.1 Å². The van der Waals surface area contributed by atoms with Crippen molar-refractivity contribution in [2.24, 2.45) is 4.99 Å². The van der Waals surface area contributed by atoms with Gasteiger partial charge in [0, 0.05) is 22.6 Å². The van der Waals surface area contributed by atoms with Gasteiger partial charge in [0.25, 0.3) is 0 Å². The Hall–Kier alpha value is -2.33. The van der Waals surface area contributed by atoms with Crippen LogP contribution in [0, 0.1) is 6.92 Å². The number of hydrogen-bond donors (Lipinski definition) is 0. The topological polar surface area (TPSA) is 42.6 Å². The van der Waals surface area contributed by atoms with Crippen LogP contribution in [0.15, 0.2) is 61.8 Å². The van der Waals surface area contributed by atoms with Crippen molar-refractivity contribution in [1.29, 1.82) is 0 Å². The Bertz CT molecular complexity index is 1180. The summed E-state index contributed by atoms with van der Waals surface area (Å²) in [6, 6.07) is 11.9. The molecule has 0 unspecified atom stereocenters. The standard InChI is InChI=1S/C24H25NO2S/c1-14-8-7-9-16-20(14)23(2,3)24(4,5)25-21(16)15-12-17-18(26)10-11-27-22(17)19(13-15)28-6/h7-13H,1-6H3. The Kier molecular flexibility index (Phi) is 4.31. The molecule has 3 nitrogen and oxygen atoms in total. The number of aliphatic imine (C=N–C) groups is 1. The van der Waals surface area contributed by atoms with Gasteiger partial charge < -0.3 is 4.42 Å². The highest BCUT2D eigenvalue weighted by atomic mass is 32.2. The van der Waals surface area contributed by atoms with Gasteiger partial charge in [0.15, 0.2) is 11.0 Å². The maximum absolute atomic E-state index is 12.5. The quantitative estimate of drug-likeness (QED) is 0.524. The van der Waals surface area contributed by atoms with Gasteiger partial charge in [-0.05, 0) is 50.3 Å². The predicted octanol–water partition coefficient (Wildman–Crippen LogP) is 5.73. The first-order chi connectivity index (χ1) is 13.2. The Morgan fingerprint density at radius 2 is 1.82 bits per heavy atom. The molecule has 0 saturated heterocycles. The zero-order valence-corrected chi connectivity index (χ0v) is 18.0. The maximum atomic E-state index is 12.5. The van der Waals surface area contributed by atoms with E-state index >= 15 is 0 Å². The van der Waals surface area contributed by atoms with Crippen LogP contribution in [0.1, 0.15) is 49.9 Å². The van der Waals surface area contributed by atoms with Crippen molar-refractivity contribution in [2.75, 3.05) is 6.26 Å². The summed E-state index contributed by atoms with van der Waals surface area (Å²) < 4.78 is 5.66. The summed E-state index contributed by atoms with van der Waals surface area (Å²) in [5, 5.41) is 0.601. The number of hydrogen-bond acceptors (Lipinski definition) is 4. The summed E-state index contributed by atoms with van der Waals surface area (Å²) in [7, 11) is 0. The van der Waals surface area contributed by atoms with Crippen LogP contribution in [0.25, 0.3) is 11.0 Å². The van der Waals surface area contributed by atoms with Gasteiger partial charge in [-0.1, -0.05) is 32.0 Å². The Morgan fingerprint density at radius 3 is 2.54 bits per heavy atom. The zero-order chi connectivity index (χ0) is 20.3. The first-order valence-electron chi connectivity index (χ1n) is 9.47. The lowest BCUT2D eigenvalue weighted by molar-refractivity contribution is 0.302. The Morgan fingerprint density at radius 1 is 1.07 bits per heavy atom. The number of thioether (sulfide) groups is 1. The van der Waals surface area contributed by atoms with Crippen LogP contribution in [0.4, 0.5) is 0 Å². The van der Waals surface area contributed by atoms with E-state index in [1.807, 2.05) is 12.3 Å². The summed E-state index contributed by atoms with van der Waals surface area (Å²) in [6.07, 6.45) is 3.46. The van der Waals surface area contributed by atoms with Crippen molar-refractivity contribution < 1.29 is 4.42 Å². The van der Waals surface area contributed by atoms with Gasteiger partial charge in [-0.3, -0.25) is 9.79 Å². The van der Waals surface area contributed by atoms with Gasteiger partial charge in [0.05, 0.1) is 27.8 Å². The van der Waals surface area contributed by atoms with Gasteiger partial charge in [-0.2, -0.15) is 0 Å². The minimum absolute atomic E-state index is 0.0288. The van der Waals surface area contributed by atoms with Crippen LogP contribution in [0.2, 0.25) is 0 Å². The molecule has 0 atom stereocenters. The van der Waals surface area contributed by atoms with Crippen molar-refractivity contribution in [2.45, 2.75) is 50.5 Å². The molecular formula is C24H25NO2S. The first-order valence-corrected chi connectivity index (χ1v) is 10.7. The van der Waals surface area contributed by atoms with Crippen LogP contribution in [0.5, 0.6) is 0 Å². The minimum Gasteiger partial charge on any atom is -0.463 e. The second kappa shape index (κ2) is 6.35. The van der Waals surface area contributed by atoms with Crippen LogP contribution in [-0.4, -0.2) is 17.5 Å². The van der Waals surface area contributed by atoms with Crippen LogP contribution in [-0.2, 0) is 5.41 Å². The van der Waals surface area contributed by atoms with Gasteiger partial charge in [-0.15, -0.1) is 11.8 Å². The van der Waals surface area contributed by atoms with E-state index < -0.39 is 0 Å². The van der Waals surface area contributed by atoms with Crippen LogP contribution < -0.4 is 5.43 Å². The highest BCUT2D eigenvalue weighted by Gasteiger charge is 2.44. The number of benzene rings is 2. The number of nitrogens with zero attached hydrogens (tertiary/aromatic N) is 1. The molecule has 0 aliphatic carbocycles. The van der Waals surface area contributed by atoms with Crippen molar-refractivity contribution in [1.82, 2.24) is 0 Å². The molecule has 0 radical (unpaired) electrons. The summed E-state index contributed by atoms with van der Waals surface area (Å²) in [5.41, 5.74) is 5.89. The molecule has 0 fully saturated rings. The molecule has 0 N–H and O–H groups in total. The molecule has 2 heterocycles. The fourth-order valence-corrected chi connectivity index (χ4v) is 4.74. The molecule has 4 heteroatoms. The molecule has 28 heavy (non-hydrogen) atoms. The number of rotatable bonds is 2. The summed E-state index contributed by atoms with van der Waals surface area (Å²) in [4.78, 5) is 18.7. The second-order valence-electron chi connectivity index (χ2n) is 8.48. The molecular weight excluding hydrogens is 366 g/mol. The van der Waals surface area contributed by atoms with E-state index in [4.69, 9.17) is 9.41 Å². The SMILES string of the molecule is CSc1cc(C2=NC(C)(C)C(C)(C)c3c(C)cccc32)cc2c(=O)ccoc12. The third-order valence-electron chi connectivity index (χ3n) is 6.29. The molecule has 144 valence electrons. The smallest absolute Gasteiger partial charge is 0.192 e. The van der Waals surface area contributed by atoms with Crippen LogP contribution >= 0.6 is 11.8 Å². The predicted molar refractivity (Wildman–Crippen MR) is 118 cm³/mol. The highest BCUT2D eigenvalue weighted by molar-refractivity contribution is 7.98. The lowest BCUT2D eigenvalue weighted by Crippen LogP contribution is -2.46. The Labute approximate surface area is 169 Å². The minimum atomic E-state index is -0.280. The molecule has 1 aliphatic heterocycles. The van der Waals surface area contributed by atoms with E-state index in [2.05, 4.69) is 58.9 Å². The van der Waals surface area contributed by atoms with E-state index in [9.17, 15) is 4.79 Å². The molecule has 0 bridgehead atoms. The lowest BCUT2D eigenvalue weighted by Gasteiger charge is -2.45. The van der Waals surface area contributed by atoms with Gasteiger partial charge >= 0.3 is 0 Å². The van der Waals surface area contributed by atoms with Crippen molar-refractivity contribution in [3.63, 3.8) is 0 Å². The normalized spacial score (nSPS) is 17.3. The summed E-state index contributed by atoms with van der Waals surface area (Å²) in [6.45, 7) is 11.1. The summed E-state index contributed by atoms with van der Waals surface area (Å²) in [5.74, 6) is 0. The van der Waals surface area contributed by atoms with E-state index in [1.54, 1.807) is 11.8 Å². The zero-order valence-electron chi connectivity index (χ0n) is 17.2. The second-order valence-corrected chi connectivity index (χ2v) is 9.33. The van der Waals surface area contributed by atoms with Gasteiger partial charge in [0.2, 0.25) is 0 Å². The van der Waals surface area contributed by atoms with E-state index in [-0.39, 0.29) is 16.4 Å². The largest absolute Gasteiger partial charge is 0.463 e. The molecule has 0 amide bonds. The van der Waals surface area contributed by atoms with E-state index in [0.29, 0.717) is 11.0 Å². The fraction of sp³-hybridized carbons (Fsp3) is 0.333. The molecule has 1 aromatic heterocycles. The van der Waals surface area contributed by atoms with E-state index in [0.717, 1.165) is 21.7 Å². The average molecular weight is 392 g/mol. The molecule has 2 aromatic carbocycles. The first kappa shape index (κ1) is 19.0. The van der Waals surface area contributed by atoms with Crippen molar-refractivity contribution >= 4 is 28.4 Å². The summed E-state index contributed by atoms with van der Waals surface area (Å²) >= 11 is 1.58. The van der Waals surface area contributed by atoms with Crippen molar-refractivity contribution in [3.8, 4) is 0 Å². The van der Waals surface area contributed by atoms with Crippen LogP contribution in [0.3, 0.4) is 0 Å². The molecule has 3 aromatic rings. The number of fused-ring (bicyclic) bond motifs is 2. The third kappa shape index (κ3) is 2.66. The van der Waals surface area contributed by atoms with Gasteiger partial charge in [-0.25, -0.2) is 0 Å². The number of aryl methyl sites for hydroxylation is 1. The van der Waals surface area contributed by atoms with E-state index in [1.165, 1.54) is 23.5 Å². The van der Waals surface area contributed by atoms with Gasteiger partial charge in [0.1, 0.15) is 0 Å². The third-order valence-corrected chi connectivity index (χ3v) is 7.04. The fourth-order valence-electron chi connectivity index (χ4n) is 4.15. The highest BCUT2D eigenvalue weighted by Crippen LogP contribution is 2.45. The lowest BCUT2D eigenvalue weighted by atomic mass is 9.64. The molecule has 0 saturated carbocycles. The Balaban J connectivity index is 2.08. The maximum Gasteiger partial charge on any atom is 0.192 e.